The van der Waals surface area contributed by atoms with Crippen molar-refractivity contribution in [1.82, 2.24) is 4.98 Å². The van der Waals surface area contributed by atoms with E-state index >= 15 is 0 Å². The van der Waals surface area contributed by atoms with Crippen molar-refractivity contribution in [3.8, 4) is 11.1 Å². The number of H-pyrrole nitrogens is 1. The van der Waals surface area contributed by atoms with Gasteiger partial charge in [0.2, 0.25) is 5.43 Å². The Labute approximate surface area is 102 Å². The molecule has 0 bridgehead atoms. The third-order valence-electron chi connectivity index (χ3n) is 2.68. The first kappa shape index (κ1) is 12.0. The molecule has 0 radical (unpaired) electrons. The highest BCUT2D eigenvalue weighted by Crippen LogP contribution is 2.19. The first-order valence-corrected chi connectivity index (χ1v) is 5.28. The van der Waals surface area contributed by atoms with Crippen molar-refractivity contribution in [1.29, 1.82) is 0 Å². The predicted molar refractivity (Wildman–Crippen MR) is 65.7 cm³/mol. The molecular weight excluding hydrogens is 235 g/mol. The number of halogens is 1. The summed E-state index contributed by atoms with van der Waals surface area (Å²) in [6, 6.07) is 5.48. The van der Waals surface area contributed by atoms with E-state index in [0.717, 1.165) is 0 Å². The van der Waals surface area contributed by atoms with Gasteiger partial charge in [0.15, 0.2) is 0 Å². The number of rotatable bonds is 2. The fourth-order valence-electron chi connectivity index (χ4n) is 1.77. The zero-order valence-corrected chi connectivity index (χ0v) is 9.66. The van der Waals surface area contributed by atoms with E-state index in [4.69, 9.17) is 5.73 Å². The minimum atomic E-state index is -0.792. The number of aromatic nitrogens is 1. The molecule has 0 fully saturated rings. The van der Waals surface area contributed by atoms with Gasteiger partial charge >= 0.3 is 0 Å². The summed E-state index contributed by atoms with van der Waals surface area (Å²) in [6.07, 6.45) is 1.28. The van der Waals surface area contributed by atoms with Crippen LogP contribution in [0, 0.1) is 12.7 Å². The molecule has 18 heavy (non-hydrogen) atoms. The molecule has 0 saturated carbocycles. The molecule has 0 aliphatic carbocycles. The summed E-state index contributed by atoms with van der Waals surface area (Å²) < 4.78 is 12.9. The second-order valence-electron chi connectivity index (χ2n) is 3.90. The quantitative estimate of drug-likeness (QED) is 0.844. The number of hydrogen-bond donors (Lipinski definition) is 2. The maximum atomic E-state index is 12.9. The summed E-state index contributed by atoms with van der Waals surface area (Å²) >= 11 is 0. The van der Waals surface area contributed by atoms with Crippen molar-refractivity contribution < 1.29 is 9.18 Å². The topological polar surface area (TPSA) is 76.0 Å². The predicted octanol–water partition coefficient (Wildman–Crippen LogP) is 1.59. The number of aromatic amines is 1. The van der Waals surface area contributed by atoms with Gasteiger partial charge in [0.1, 0.15) is 11.4 Å². The van der Waals surface area contributed by atoms with Crippen molar-refractivity contribution in [3.63, 3.8) is 0 Å². The highest BCUT2D eigenvalue weighted by molar-refractivity contribution is 5.93. The molecule has 1 aromatic heterocycles. The Morgan fingerprint density at radius 1 is 1.28 bits per heavy atom. The van der Waals surface area contributed by atoms with Gasteiger partial charge in [0, 0.05) is 17.5 Å². The van der Waals surface area contributed by atoms with Gasteiger partial charge in [0.25, 0.3) is 5.91 Å². The second kappa shape index (κ2) is 4.44. The Hall–Kier alpha value is -2.43. The van der Waals surface area contributed by atoms with Gasteiger partial charge in [-0.2, -0.15) is 0 Å². The van der Waals surface area contributed by atoms with E-state index in [1.807, 2.05) is 0 Å². The minimum absolute atomic E-state index is 0.111. The first-order valence-electron chi connectivity index (χ1n) is 5.28. The molecule has 0 spiro atoms. The molecular formula is C13H11FN2O2. The maximum Gasteiger partial charge on any atom is 0.254 e. The van der Waals surface area contributed by atoms with Crippen LogP contribution in [-0.2, 0) is 0 Å². The Bertz CT molecular complexity index is 660. The van der Waals surface area contributed by atoms with E-state index in [0.29, 0.717) is 16.8 Å². The number of nitrogens with one attached hydrogen (secondary N) is 1. The number of benzene rings is 1. The number of primary amides is 1. The summed E-state index contributed by atoms with van der Waals surface area (Å²) in [4.78, 5) is 26.0. The molecule has 0 atom stereocenters. The second-order valence-corrected chi connectivity index (χ2v) is 3.90. The molecule has 0 unspecified atom stereocenters. The third-order valence-corrected chi connectivity index (χ3v) is 2.68. The lowest BCUT2D eigenvalue weighted by Crippen LogP contribution is -2.23. The molecule has 2 rings (SSSR count). The van der Waals surface area contributed by atoms with Crippen molar-refractivity contribution in [3.05, 3.63) is 57.8 Å². The van der Waals surface area contributed by atoms with Crippen molar-refractivity contribution in [2.75, 3.05) is 0 Å². The number of carbonyl (C=O) groups is 1. The van der Waals surface area contributed by atoms with Crippen LogP contribution in [0.25, 0.3) is 11.1 Å². The average Bonchev–Trinajstić information content (AvgIpc) is 2.31. The molecule has 0 saturated heterocycles. The number of carbonyl (C=O) groups excluding carboxylic acids is 1. The molecule has 92 valence electrons. The number of nitrogens with two attached hydrogens (primary N) is 1. The van der Waals surface area contributed by atoms with Gasteiger partial charge in [0.05, 0.1) is 0 Å². The Balaban J connectivity index is 2.71. The maximum absolute atomic E-state index is 12.9. The monoisotopic (exact) mass is 246 g/mol. The summed E-state index contributed by atoms with van der Waals surface area (Å²) in [5, 5.41) is 0. The van der Waals surface area contributed by atoms with Crippen molar-refractivity contribution in [2.45, 2.75) is 6.92 Å². The Morgan fingerprint density at radius 2 is 1.89 bits per heavy atom. The molecule has 4 nitrogen and oxygen atoms in total. The SMILES string of the molecule is Cc1[nH]cc(C(N)=O)c(=O)c1-c1ccc(F)cc1. The van der Waals surface area contributed by atoms with Gasteiger partial charge in [-0.25, -0.2) is 4.39 Å². The van der Waals surface area contributed by atoms with Crippen LogP contribution >= 0.6 is 0 Å². The summed E-state index contributed by atoms with van der Waals surface area (Å²) in [6.45, 7) is 1.70. The van der Waals surface area contributed by atoms with Crippen LogP contribution in [0.15, 0.2) is 35.3 Å². The molecule has 2 aromatic rings. The molecule has 0 aliphatic heterocycles. The lowest BCUT2D eigenvalue weighted by Gasteiger charge is -2.06. The van der Waals surface area contributed by atoms with Gasteiger partial charge in [-0.3, -0.25) is 9.59 Å². The van der Waals surface area contributed by atoms with E-state index in [-0.39, 0.29) is 11.4 Å². The van der Waals surface area contributed by atoms with Gasteiger partial charge in [-0.05, 0) is 24.6 Å². The summed E-state index contributed by atoms with van der Waals surface area (Å²) in [5.41, 5.74) is 6.01. The fourth-order valence-corrected chi connectivity index (χ4v) is 1.77. The van der Waals surface area contributed by atoms with Crippen molar-refractivity contribution in [2.24, 2.45) is 5.73 Å². The molecule has 3 N–H and O–H groups in total. The van der Waals surface area contributed by atoms with Gasteiger partial charge in [-0.1, -0.05) is 12.1 Å². The first-order chi connectivity index (χ1) is 8.50. The average molecular weight is 246 g/mol. The molecule has 0 aliphatic rings. The van der Waals surface area contributed by atoms with Crippen LogP contribution in [0.1, 0.15) is 16.1 Å². The molecule has 1 amide bonds. The molecule has 5 heteroatoms. The number of aryl methyl sites for hydroxylation is 1. The van der Waals surface area contributed by atoms with E-state index in [9.17, 15) is 14.0 Å². The largest absolute Gasteiger partial charge is 0.365 e. The van der Waals surface area contributed by atoms with E-state index < -0.39 is 11.3 Å². The standard InChI is InChI=1S/C13H11FN2O2/c1-7-11(8-2-4-9(14)5-3-8)12(17)10(6-16-7)13(15)18/h2-6H,1H3,(H2,15,18)(H,16,17). The Morgan fingerprint density at radius 3 is 2.44 bits per heavy atom. The smallest absolute Gasteiger partial charge is 0.254 e. The summed E-state index contributed by atoms with van der Waals surface area (Å²) in [7, 11) is 0. The number of amides is 1. The molecule has 1 heterocycles. The summed E-state index contributed by atoms with van der Waals surface area (Å²) in [5.74, 6) is -1.18. The highest BCUT2D eigenvalue weighted by atomic mass is 19.1. The van der Waals surface area contributed by atoms with Crippen LogP contribution in [0.4, 0.5) is 4.39 Å². The van der Waals surface area contributed by atoms with Crippen LogP contribution in [0.2, 0.25) is 0 Å². The van der Waals surface area contributed by atoms with Crippen LogP contribution in [-0.4, -0.2) is 10.9 Å². The van der Waals surface area contributed by atoms with Gasteiger partial charge in [-0.15, -0.1) is 0 Å². The lowest BCUT2D eigenvalue weighted by molar-refractivity contribution is 0.0999. The molecule has 1 aromatic carbocycles. The van der Waals surface area contributed by atoms with Crippen LogP contribution in [0.5, 0.6) is 0 Å². The normalized spacial score (nSPS) is 10.3. The van der Waals surface area contributed by atoms with Gasteiger partial charge < -0.3 is 10.7 Å². The van der Waals surface area contributed by atoms with E-state index in [2.05, 4.69) is 4.98 Å². The highest BCUT2D eigenvalue weighted by Gasteiger charge is 2.14. The minimum Gasteiger partial charge on any atom is -0.365 e. The third kappa shape index (κ3) is 2.02. The Kier molecular flexibility index (Phi) is 2.97. The zero-order chi connectivity index (χ0) is 13.3. The number of hydrogen-bond acceptors (Lipinski definition) is 2. The zero-order valence-electron chi connectivity index (χ0n) is 9.66. The van der Waals surface area contributed by atoms with Crippen LogP contribution in [0.3, 0.4) is 0 Å². The van der Waals surface area contributed by atoms with E-state index in [1.165, 1.54) is 30.5 Å². The fraction of sp³-hybridized carbons (Fsp3) is 0.0769. The van der Waals surface area contributed by atoms with Crippen molar-refractivity contribution >= 4 is 5.91 Å². The lowest BCUT2D eigenvalue weighted by atomic mass is 10.0. The van der Waals surface area contributed by atoms with Crippen LogP contribution < -0.4 is 11.2 Å². The van der Waals surface area contributed by atoms with E-state index in [1.54, 1.807) is 6.92 Å². The number of pyridine rings is 1.